The summed E-state index contributed by atoms with van der Waals surface area (Å²) in [6, 6.07) is 3.16. The summed E-state index contributed by atoms with van der Waals surface area (Å²) in [7, 11) is 0. The van der Waals surface area contributed by atoms with E-state index in [0.717, 1.165) is 32.4 Å². The molecule has 19 heavy (non-hydrogen) atoms. The summed E-state index contributed by atoms with van der Waals surface area (Å²) >= 11 is 9.01. The van der Waals surface area contributed by atoms with Gasteiger partial charge in [0, 0.05) is 10.4 Å². The molecule has 1 heterocycles. The van der Waals surface area contributed by atoms with Crippen molar-refractivity contribution in [3.05, 3.63) is 33.0 Å². The van der Waals surface area contributed by atoms with E-state index in [4.69, 9.17) is 11.6 Å². The third-order valence-electron chi connectivity index (χ3n) is 4.41. The van der Waals surface area contributed by atoms with Gasteiger partial charge in [0.1, 0.15) is 0 Å². The highest BCUT2D eigenvalue weighted by atomic mass is 79.9. The van der Waals surface area contributed by atoms with E-state index < -0.39 is 5.82 Å². The SMILES string of the molecule is O=C(c1ccc(Br)c(Cl)c1F)C1CC12CCNCC2. The number of carbonyl (C=O) groups excluding carboxylic acids is 1. The zero-order valence-corrected chi connectivity index (χ0v) is 12.7. The summed E-state index contributed by atoms with van der Waals surface area (Å²) in [5.74, 6) is -0.716. The van der Waals surface area contributed by atoms with Crippen LogP contribution in [0.3, 0.4) is 0 Å². The Bertz CT molecular complexity index is 542. The van der Waals surface area contributed by atoms with Gasteiger partial charge in [0.2, 0.25) is 0 Å². The summed E-state index contributed by atoms with van der Waals surface area (Å²) in [6.45, 7) is 1.90. The van der Waals surface area contributed by atoms with Gasteiger partial charge < -0.3 is 5.32 Å². The van der Waals surface area contributed by atoms with Gasteiger partial charge in [0.15, 0.2) is 11.6 Å². The van der Waals surface area contributed by atoms with Gasteiger partial charge >= 0.3 is 0 Å². The van der Waals surface area contributed by atoms with E-state index in [1.807, 2.05) is 0 Å². The van der Waals surface area contributed by atoms with E-state index in [1.165, 1.54) is 6.07 Å². The molecule has 1 aromatic carbocycles. The van der Waals surface area contributed by atoms with Crippen LogP contribution < -0.4 is 5.32 Å². The van der Waals surface area contributed by atoms with Gasteiger partial charge in [-0.25, -0.2) is 4.39 Å². The van der Waals surface area contributed by atoms with Crippen molar-refractivity contribution in [2.45, 2.75) is 19.3 Å². The number of rotatable bonds is 2. The molecule has 1 unspecified atom stereocenters. The maximum atomic E-state index is 14.1. The molecule has 0 bridgehead atoms. The number of nitrogens with one attached hydrogen (secondary N) is 1. The van der Waals surface area contributed by atoms with Crippen LogP contribution in [0.1, 0.15) is 29.6 Å². The molecule has 102 valence electrons. The number of Topliss-reactive ketones (excluding diaryl/α,β-unsaturated/α-hetero) is 1. The fourth-order valence-corrected chi connectivity index (χ4v) is 3.57. The lowest BCUT2D eigenvalue weighted by atomic mass is 9.89. The molecule has 1 spiro atoms. The van der Waals surface area contributed by atoms with Crippen LogP contribution in [0.15, 0.2) is 16.6 Å². The molecule has 1 saturated heterocycles. The van der Waals surface area contributed by atoms with Crippen molar-refractivity contribution in [3.8, 4) is 0 Å². The topological polar surface area (TPSA) is 29.1 Å². The monoisotopic (exact) mass is 345 g/mol. The molecule has 1 atom stereocenters. The lowest BCUT2D eigenvalue weighted by molar-refractivity contribution is 0.0936. The average Bonchev–Trinajstić information content (AvgIpc) is 3.10. The van der Waals surface area contributed by atoms with Crippen molar-refractivity contribution in [1.29, 1.82) is 0 Å². The standard InChI is InChI=1S/C14H14BrClFNO/c15-10-2-1-8(12(17)11(10)16)13(19)9-7-14(9)3-5-18-6-4-14/h1-2,9,18H,3-7H2. The third kappa shape index (κ3) is 2.24. The Morgan fingerprint density at radius 2 is 2.11 bits per heavy atom. The number of hydrogen-bond acceptors (Lipinski definition) is 2. The second-order valence-electron chi connectivity index (χ2n) is 5.46. The predicted molar refractivity (Wildman–Crippen MR) is 76.1 cm³/mol. The quantitative estimate of drug-likeness (QED) is 0.651. The molecule has 1 aromatic rings. The maximum Gasteiger partial charge on any atom is 0.169 e. The van der Waals surface area contributed by atoms with Crippen LogP contribution in [0.4, 0.5) is 4.39 Å². The smallest absolute Gasteiger partial charge is 0.169 e. The van der Waals surface area contributed by atoms with E-state index in [-0.39, 0.29) is 27.7 Å². The zero-order valence-electron chi connectivity index (χ0n) is 10.3. The number of carbonyl (C=O) groups is 1. The van der Waals surface area contributed by atoms with Crippen LogP contribution in [0.25, 0.3) is 0 Å². The summed E-state index contributed by atoms with van der Waals surface area (Å²) in [4.78, 5) is 12.4. The van der Waals surface area contributed by atoms with Crippen LogP contribution in [0.5, 0.6) is 0 Å². The highest BCUT2D eigenvalue weighted by Gasteiger charge is 2.57. The molecule has 0 amide bonds. The molecule has 2 aliphatic rings. The number of piperidine rings is 1. The van der Waals surface area contributed by atoms with Crippen LogP contribution in [-0.2, 0) is 0 Å². The Morgan fingerprint density at radius 1 is 1.42 bits per heavy atom. The Kier molecular flexibility index (Phi) is 3.44. The number of ketones is 1. The minimum absolute atomic E-state index is 0.00846. The highest BCUT2D eigenvalue weighted by Crippen LogP contribution is 2.59. The van der Waals surface area contributed by atoms with Crippen molar-refractivity contribution in [2.75, 3.05) is 13.1 Å². The first-order valence-electron chi connectivity index (χ1n) is 6.44. The minimum atomic E-state index is -0.600. The number of hydrogen-bond donors (Lipinski definition) is 1. The molecule has 0 aromatic heterocycles. The van der Waals surface area contributed by atoms with Gasteiger partial charge in [-0.3, -0.25) is 4.79 Å². The Labute approximate surface area is 124 Å². The van der Waals surface area contributed by atoms with Crippen molar-refractivity contribution >= 4 is 33.3 Å². The first-order valence-corrected chi connectivity index (χ1v) is 7.61. The van der Waals surface area contributed by atoms with Gasteiger partial charge in [-0.05, 0) is 65.8 Å². The Morgan fingerprint density at radius 3 is 2.79 bits per heavy atom. The minimum Gasteiger partial charge on any atom is -0.317 e. The van der Waals surface area contributed by atoms with Crippen molar-refractivity contribution < 1.29 is 9.18 Å². The molecule has 2 nitrogen and oxygen atoms in total. The molecule has 3 rings (SSSR count). The van der Waals surface area contributed by atoms with Crippen molar-refractivity contribution in [1.82, 2.24) is 5.32 Å². The van der Waals surface area contributed by atoms with Crippen LogP contribution >= 0.6 is 27.5 Å². The first-order chi connectivity index (χ1) is 9.05. The third-order valence-corrected chi connectivity index (χ3v) is 5.66. The van der Waals surface area contributed by atoms with E-state index in [9.17, 15) is 9.18 Å². The Balaban J connectivity index is 1.84. The second kappa shape index (κ2) is 4.83. The van der Waals surface area contributed by atoms with E-state index in [1.54, 1.807) is 6.07 Å². The van der Waals surface area contributed by atoms with Gasteiger partial charge in [0.05, 0.1) is 10.6 Å². The molecule has 5 heteroatoms. The molecule has 2 fully saturated rings. The predicted octanol–water partition coefficient (Wildman–Crippen LogP) is 3.81. The van der Waals surface area contributed by atoms with E-state index in [0.29, 0.717) is 4.47 Å². The Hall–Kier alpha value is -0.450. The van der Waals surface area contributed by atoms with E-state index in [2.05, 4.69) is 21.2 Å². The highest BCUT2D eigenvalue weighted by molar-refractivity contribution is 9.10. The van der Waals surface area contributed by atoms with Crippen LogP contribution in [0.2, 0.25) is 5.02 Å². The largest absolute Gasteiger partial charge is 0.317 e. The summed E-state index contributed by atoms with van der Waals surface area (Å²) in [6.07, 6.45) is 2.91. The van der Waals surface area contributed by atoms with Gasteiger partial charge in [-0.1, -0.05) is 11.6 Å². The van der Waals surface area contributed by atoms with Crippen LogP contribution in [-0.4, -0.2) is 18.9 Å². The molecular formula is C14H14BrClFNO. The van der Waals surface area contributed by atoms with Crippen molar-refractivity contribution in [2.24, 2.45) is 11.3 Å². The summed E-state index contributed by atoms with van der Waals surface area (Å²) in [5, 5.41) is 3.29. The first kappa shape index (κ1) is 13.5. The molecule has 1 aliphatic heterocycles. The maximum absolute atomic E-state index is 14.1. The second-order valence-corrected chi connectivity index (χ2v) is 6.69. The van der Waals surface area contributed by atoms with Gasteiger partial charge in [-0.2, -0.15) is 0 Å². The fraction of sp³-hybridized carbons (Fsp3) is 0.500. The molecule has 1 N–H and O–H groups in total. The lowest BCUT2D eigenvalue weighted by Crippen LogP contribution is -2.30. The molecule has 0 radical (unpaired) electrons. The number of benzene rings is 1. The summed E-state index contributed by atoms with van der Waals surface area (Å²) < 4.78 is 14.5. The summed E-state index contributed by atoms with van der Waals surface area (Å²) in [5.41, 5.74) is 0.252. The van der Waals surface area contributed by atoms with Gasteiger partial charge in [0.25, 0.3) is 0 Å². The molecular weight excluding hydrogens is 333 g/mol. The normalized spacial score (nSPS) is 24.5. The zero-order chi connectivity index (χ0) is 13.6. The average molecular weight is 347 g/mol. The number of halogens is 3. The lowest BCUT2D eigenvalue weighted by Gasteiger charge is -2.23. The van der Waals surface area contributed by atoms with Gasteiger partial charge in [-0.15, -0.1) is 0 Å². The van der Waals surface area contributed by atoms with Crippen LogP contribution in [0, 0.1) is 17.2 Å². The fourth-order valence-electron chi connectivity index (χ4n) is 3.10. The molecule has 1 saturated carbocycles. The van der Waals surface area contributed by atoms with Crippen molar-refractivity contribution in [3.63, 3.8) is 0 Å². The molecule has 1 aliphatic carbocycles. The van der Waals surface area contributed by atoms with E-state index >= 15 is 0 Å².